The van der Waals surface area contributed by atoms with Crippen LogP contribution >= 0.6 is 0 Å². The molecule has 2 aromatic heterocycles. The molecule has 0 aliphatic carbocycles. The van der Waals surface area contributed by atoms with E-state index in [4.69, 9.17) is 9.72 Å². The Morgan fingerprint density at radius 1 is 0.886 bits per heavy atom. The Morgan fingerprint density at radius 2 is 1.70 bits per heavy atom. The predicted octanol–water partition coefficient (Wildman–Crippen LogP) is 6.63. The third-order valence-electron chi connectivity index (χ3n) is 8.08. The van der Waals surface area contributed by atoms with E-state index >= 15 is 0 Å². The van der Waals surface area contributed by atoms with Crippen LogP contribution in [0.3, 0.4) is 0 Å². The quantitative estimate of drug-likeness (QED) is 0.182. The SMILES string of the molecule is CCc1ccccc1CS(=O)(=O)Cc1cccc2c(Oc3ncccc3-c3ccnc(N[C@H]4CCCNC4)n3)c(C)ccc12. The molecule has 5 aromatic rings. The maximum absolute atomic E-state index is 13.4. The Bertz CT molecular complexity index is 1890. The van der Waals surface area contributed by atoms with E-state index in [1.54, 1.807) is 12.4 Å². The van der Waals surface area contributed by atoms with Gasteiger partial charge in [0.05, 0.1) is 22.8 Å². The Morgan fingerprint density at radius 3 is 2.52 bits per heavy atom. The van der Waals surface area contributed by atoms with Crippen LogP contribution in [0.4, 0.5) is 5.95 Å². The first kappa shape index (κ1) is 29.7. The normalized spacial score (nSPS) is 15.3. The van der Waals surface area contributed by atoms with Crippen LogP contribution in [-0.4, -0.2) is 42.5 Å². The molecule has 0 bridgehead atoms. The van der Waals surface area contributed by atoms with Crippen molar-refractivity contribution in [3.63, 3.8) is 0 Å². The number of ether oxygens (including phenoxy) is 1. The average molecular weight is 608 g/mol. The Labute approximate surface area is 258 Å². The molecule has 3 aromatic carbocycles. The van der Waals surface area contributed by atoms with E-state index in [0.717, 1.165) is 70.9 Å². The molecule has 1 aliphatic rings. The number of anilines is 1. The average Bonchev–Trinajstić information content (AvgIpc) is 3.03. The Kier molecular flexibility index (Phi) is 8.86. The van der Waals surface area contributed by atoms with E-state index in [0.29, 0.717) is 23.3 Å². The van der Waals surface area contributed by atoms with Gasteiger partial charge in [0, 0.05) is 30.4 Å². The summed E-state index contributed by atoms with van der Waals surface area (Å²) in [6, 6.07) is 23.4. The summed E-state index contributed by atoms with van der Waals surface area (Å²) in [4.78, 5) is 13.8. The first-order valence-corrected chi connectivity index (χ1v) is 16.9. The molecule has 1 saturated heterocycles. The third kappa shape index (κ3) is 6.74. The summed E-state index contributed by atoms with van der Waals surface area (Å²) in [5, 5.41) is 8.52. The highest BCUT2D eigenvalue weighted by Gasteiger charge is 2.20. The van der Waals surface area contributed by atoms with Crippen molar-refractivity contribution in [1.82, 2.24) is 20.3 Å². The first-order valence-electron chi connectivity index (χ1n) is 15.1. The second kappa shape index (κ2) is 13.1. The number of sulfone groups is 1. The summed E-state index contributed by atoms with van der Waals surface area (Å²) in [5.41, 5.74) is 5.02. The number of hydrogen-bond acceptors (Lipinski definition) is 8. The van der Waals surface area contributed by atoms with E-state index in [1.807, 2.05) is 86.6 Å². The van der Waals surface area contributed by atoms with Crippen molar-refractivity contribution in [2.45, 2.75) is 50.7 Å². The van der Waals surface area contributed by atoms with Crippen LogP contribution < -0.4 is 15.4 Å². The molecule has 1 aliphatic heterocycles. The van der Waals surface area contributed by atoms with Gasteiger partial charge in [-0.1, -0.05) is 61.5 Å². The summed E-state index contributed by atoms with van der Waals surface area (Å²) in [5.74, 6) is 1.57. The van der Waals surface area contributed by atoms with Gasteiger partial charge in [-0.15, -0.1) is 0 Å². The molecule has 226 valence electrons. The highest BCUT2D eigenvalue weighted by atomic mass is 32.2. The maximum Gasteiger partial charge on any atom is 0.228 e. The van der Waals surface area contributed by atoms with Gasteiger partial charge in [0.1, 0.15) is 5.75 Å². The van der Waals surface area contributed by atoms with E-state index in [-0.39, 0.29) is 17.5 Å². The minimum Gasteiger partial charge on any atom is -0.437 e. The molecule has 9 heteroatoms. The lowest BCUT2D eigenvalue weighted by atomic mass is 10.0. The number of hydrogen-bond donors (Lipinski definition) is 2. The van der Waals surface area contributed by atoms with E-state index in [1.165, 1.54) is 0 Å². The molecule has 0 radical (unpaired) electrons. The molecule has 2 N–H and O–H groups in total. The van der Waals surface area contributed by atoms with Crippen LogP contribution in [-0.2, 0) is 27.8 Å². The second-order valence-corrected chi connectivity index (χ2v) is 13.4. The smallest absolute Gasteiger partial charge is 0.228 e. The van der Waals surface area contributed by atoms with Crippen LogP contribution in [0, 0.1) is 6.92 Å². The van der Waals surface area contributed by atoms with Crippen LogP contribution in [0.2, 0.25) is 0 Å². The molecule has 6 rings (SSSR count). The number of aromatic nitrogens is 3. The zero-order chi connectivity index (χ0) is 30.5. The van der Waals surface area contributed by atoms with Gasteiger partial charge in [-0.25, -0.2) is 23.4 Å². The van der Waals surface area contributed by atoms with Crippen LogP contribution in [0.5, 0.6) is 11.6 Å². The van der Waals surface area contributed by atoms with Gasteiger partial charge < -0.3 is 15.4 Å². The van der Waals surface area contributed by atoms with E-state index in [9.17, 15) is 8.42 Å². The van der Waals surface area contributed by atoms with Crippen molar-refractivity contribution < 1.29 is 13.2 Å². The van der Waals surface area contributed by atoms with Crippen molar-refractivity contribution in [2.24, 2.45) is 0 Å². The predicted molar refractivity (Wildman–Crippen MR) is 176 cm³/mol. The third-order valence-corrected chi connectivity index (χ3v) is 9.58. The minimum atomic E-state index is -3.43. The molecular weight excluding hydrogens is 570 g/mol. The molecule has 0 amide bonds. The van der Waals surface area contributed by atoms with Crippen LogP contribution in [0.15, 0.2) is 85.2 Å². The van der Waals surface area contributed by atoms with Gasteiger partial charge in [-0.05, 0) is 78.6 Å². The van der Waals surface area contributed by atoms with E-state index < -0.39 is 9.84 Å². The van der Waals surface area contributed by atoms with Gasteiger partial charge in [-0.2, -0.15) is 0 Å². The topological polar surface area (TPSA) is 106 Å². The van der Waals surface area contributed by atoms with Gasteiger partial charge in [0.25, 0.3) is 0 Å². The molecule has 44 heavy (non-hydrogen) atoms. The van der Waals surface area contributed by atoms with Crippen molar-refractivity contribution in [2.75, 3.05) is 18.4 Å². The lowest BCUT2D eigenvalue weighted by Crippen LogP contribution is -2.38. The fraction of sp³-hybridized carbons (Fsp3) is 0.286. The number of fused-ring (bicyclic) bond motifs is 1. The van der Waals surface area contributed by atoms with E-state index in [2.05, 4.69) is 20.6 Å². The van der Waals surface area contributed by atoms with Gasteiger partial charge >= 0.3 is 0 Å². The number of nitrogens with one attached hydrogen (secondary N) is 2. The number of pyridine rings is 1. The molecule has 3 heterocycles. The summed E-state index contributed by atoms with van der Waals surface area (Å²) < 4.78 is 33.4. The zero-order valence-electron chi connectivity index (χ0n) is 25.1. The molecular formula is C35H37N5O3S. The van der Waals surface area contributed by atoms with Gasteiger partial charge in [0.15, 0.2) is 9.84 Å². The number of benzene rings is 3. The number of nitrogens with zero attached hydrogens (tertiary/aromatic N) is 3. The highest BCUT2D eigenvalue weighted by molar-refractivity contribution is 7.89. The molecule has 1 atom stereocenters. The summed E-state index contributed by atoms with van der Waals surface area (Å²) in [6.07, 6.45) is 6.41. The standard InChI is InChI=1S/C35H37N5O3S/c1-3-25-9-4-5-10-26(25)22-44(41,42)23-27-11-6-13-30-29(27)16-15-24(2)33(30)43-34-31(14-8-19-37-34)32-17-20-38-35(40-32)39-28-12-7-18-36-21-28/h4-6,8-11,13-17,19-20,28,36H,3,7,12,18,21-23H2,1-2H3,(H,38,39,40)/t28-/m0/s1. The van der Waals surface area contributed by atoms with Gasteiger partial charge in [-0.3, -0.25) is 0 Å². The minimum absolute atomic E-state index is 0.00690. The Hall–Kier alpha value is -4.34. The summed E-state index contributed by atoms with van der Waals surface area (Å²) in [7, 11) is -3.43. The maximum atomic E-state index is 13.4. The highest BCUT2D eigenvalue weighted by Crippen LogP contribution is 2.38. The molecule has 0 unspecified atom stereocenters. The molecule has 1 fully saturated rings. The molecule has 8 nitrogen and oxygen atoms in total. The van der Waals surface area contributed by atoms with Gasteiger partial charge in [0.2, 0.25) is 11.8 Å². The van der Waals surface area contributed by atoms with Crippen LogP contribution in [0.1, 0.15) is 42.0 Å². The van der Waals surface area contributed by atoms with Crippen molar-refractivity contribution >= 4 is 26.6 Å². The summed E-state index contributed by atoms with van der Waals surface area (Å²) in [6.45, 7) is 5.94. The number of aryl methyl sites for hydroxylation is 2. The lowest BCUT2D eigenvalue weighted by molar-refractivity contribution is 0.466. The number of piperidine rings is 1. The fourth-order valence-electron chi connectivity index (χ4n) is 5.83. The largest absolute Gasteiger partial charge is 0.437 e. The number of rotatable bonds is 10. The van der Waals surface area contributed by atoms with Crippen LogP contribution in [0.25, 0.3) is 22.0 Å². The monoisotopic (exact) mass is 607 g/mol. The van der Waals surface area contributed by atoms with Crippen molar-refractivity contribution in [1.29, 1.82) is 0 Å². The van der Waals surface area contributed by atoms with Crippen molar-refractivity contribution in [3.8, 4) is 22.9 Å². The summed E-state index contributed by atoms with van der Waals surface area (Å²) >= 11 is 0. The van der Waals surface area contributed by atoms with Crippen molar-refractivity contribution in [3.05, 3.63) is 107 Å². The second-order valence-electron chi connectivity index (χ2n) is 11.3. The zero-order valence-corrected chi connectivity index (χ0v) is 25.9. The lowest BCUT2D eigenvalue weighted by Gasteiger charge is -2.23. The Balaban J connectivity index is 1.30. The fourth-order valence-corrected chi connectivity index (χ4v) is 7.42. The molecule has 0 spiro atoms. The molecule has 0 saturated carbocycles. The first-order chi connectivity index (χ1) is 21.4.